The molecule has 1 saturated heterocycles. The Morgan fingerprint density at radius 1 is 1.19 bits per heavy atom. The van der Waals surface area contributed by atoms with E-state index in [4.69, 9.17) is 0 Å². The Morgan fingerprint density at radius 2 is 1.90 bits per heavy atom. The van der Waals surface area contributed by atoms with Crippen LogP contribution in [0.15, 0.2) is 30.3 Å². The van der Waals surface area contributed by atoms with Crippen LogP contribution in [0.4, 0.5) is 0 Å². The molecule has 1 heterocycles. The van der Waals surface area contributed by atoms with E-state index in [9.17, 15) is 0 Å². The third-order valence-electron chi connectivity index (χ3n) is 5.81. The van der Waals surface area contributed by atoms with Crippen molar-refractivity contribution in [1.82, 2.24) is 10.2 Å². The number of piperazine rings is 1. The van der Waals surface area contributed by atoms with Crippen LogP contribution in [0.5, 0.6) is 0 Å². The summed E-state index contributed by atoms with van der Waals surface area (Å²) in [7, 11) is 0. The molecule has 116 valence electrons. The molecule has 0 amide bonds. The molecule has 1 aromatic carbocycles. The van der Waals surface area contributed by atoms with Crippen LogP contribution in [0.2, 0.25) is 0 Å². The fourth-order valence-electron chi connectivity index (χ4n) is 4.02. The lowest BCUT2D eigenvalue weighted by Gasteiger charge is -2.49. The maximum Gasteiger partial charge on any atom is 0.0450 e. The zero-order chi connectivity index (χ0) is 14.7. The van der Waals surface area contributed by atoms with Crippen molar-refractivity contribution in [2.75, 3.05) is 19.6 Å². The molecular weight excluding hydrogens is 256 g/mol. The number of nitrogens with zero attached hydrogens (tertiary/aromatic N) is 1. The van der Waals surface area contributed by atoms with Gasteiger partial charge in [-0.3, -0.25) is 4.90 Å². The smallest absolute Gasteiger partial charge is 0.0450 e. The molecule has 1 N–H and O–H groups in total. The highest BCUT2D eigenvalue weighted by Gasteiger charge is 2.37. The summed E-state index contributed by atoms with van der Waals surface area (Å²) in [6.07, 6.45) is 7.01. The van der Waals surface area contributed by atoms with E-state index >= 15 is 0 Å². The van der Waals surface area contributed by atoms with Gasteiger partial charge in [0.1, 0.15) is 0 Å². The number of benzene rings is 1. The molecule has 2 atom stereocenters. The molecule has 2 heteroatoms. The summed E-state index contributed by atoms with van der Waals surface area (Å²) in [5.41, 5.74) is 1.76. The van der Waals surface area contributed by atoms with Crippen LogP contribution < -0.4 is 5.32 Å². The van der Waals surface area contributed by atoms with Gasteiger partial charge in [0.05, 0.1) is 0 Å². The highest BCUT2D eigenvalue weighted by Crippen LogP contribution is 2.33. The van der Waals surface area contributed by atoms with Crippen LogP contribution >= 0.6 is 0 Å². The van der Waals surface area contributed by atoms with Crippen molar-refractivity contribution in [3.63, 3.8) is 0 Å². The average Bonchev–Trinajstić information content (AvgIpc) is 3.03. The van der Waals surface area contributed by atoms with Gasteiger partial charge in [0.2, 0.25) is 0 Å². The van der Waals surface area contributed by atoms with Crippen LogP contribution in [-0.4, -0.2) is 30.1 Å². The number of nitrogens with one attached hydrogen (secondary N) is 1. The Bertz CT molecular complexity index is 438. The molecule has 2 nitrogen and oxygen atoms in total. The Balaban J connectivity index is 1.72. The second kappa shape index (κ2) is 6.50. The van der Waals surface area contributed by atoms with Gasteiger partial charge in [0.15, 0.2) is 0 Å². The van der Waals surface area contributed by atoms with Crippen molar-refractivity contribution < 1.29 is 0 Å². The van der Waals surface area contributed by atoms with E-state index in [1.165, 1.54) is 44.2 Å². The van der Waals surface area contributed by atoms with Crippen molar-refractivity contribution in [3.8, 4) is 0 Å². The van der Waals surface area contributed by atoms with Crippen LogP contribution in [0, 0.1) is 5.92 Å². The van der Waals surface area contributed by atoms with E-state index in [-0.39, 0.29) is 0 Å². The quantitative estimate of drug-likeness (QED) is 0.900. The van der Waals surface area contributed by atoms with Gasteiger partial charge in [0, 0.05) is 31.2 Å². The predicted molar refractivity (Wildman–Crippen MR) is 89.4 cm³/mol. The van der Waals surface area contributed by atoms with Crippen molar-refractivity contribution in [3.05, 3.63) is 35.9 Å². The van der Waals surface area contributed by atoms with E-state index in [0.717, 1.165) is 19.0 Å². The molecule has 21 heavy (non-hydrogen) atoms. The van der Waals surface area contributed by atoms with Gasteiger partial charge in [0.25, 0.3) is 0 Å². The maximum atomic E-state index is 3.79. The molecule has 0 spiro atoms. The highest BCUT2D eigenvalue weighted by molar-refractivity contribution is 5.20. The summed E-state index contributed by atoms with van der Waals surface area (Å²) in [5.74, 6) is 0.936. The van der Waals surface area contributed by atoms with Crippen molar-refractivity contribution in [2.24, 2.45) is 5.92 Å². The third-order valence-corrected chi connectivity index (χ3v) is 5.81. The number of hydrogen-bond donors (Lipinski definition) is 1. The third kappa shape index (κ3) is 3.32. The van der Waals surface area contributed by atoms with Crippen molar-refractivity contribution in [1.29, 1.82) is 0 Å². The zero-order valence-corrected chi connectivity index (χ0v) is 13.6. The Kier molecular flexibility index (Phi) is 4.66. The Hall–Kier alpha value is -0.860. The van der Waals surface area contributed by atoms with Gasteiger partial charge < -0.3 is 5.32 Å². The SMILES string of the molecule is CCC1(C)CNC(c2ccccc2)CN1CC1CCCC1. The van der Waals surface area contributed by atoms with Crippen LogP contribution in [0.1, 0.15) is 57.6 Å². The molecule has 2 unspecified atom stereocenters. The first-order valence-corrected chi connectivity index (χ1v) is 8.74. The topological polar surface area (TPSA) is 15.3 Å². The number of rotatable bonds is 4. The summed E-state index contributed by atoms with van der Waals surface area (Å²) >= 11 is 0. The summed E-state index contributed by atoms with van der Waals surface area (Å²) < 4.78 is 0. The van der Waals surface area contributed by atoms with E-state index in [0.29, 0.717) is 11.6 Å². The normalized spacial score (nSPS) is 31.6. The summed E-state index contributed by atoms with van der Waals surface area (Å²) in [6.45, 7) is 8.35. The first-order valence-electron chi connectivity index (χ1n) is 8.74. The van der Waals surface area contributed by atoms with E-state index in [1.807, 2.05) is 0 Å². The minimum absolute atomic E-state index is 0.327. The molecule has 0 radical (unpaired) electrons. The first kappa shape index (κ1) is 15.1. The fourth-order valence-corrected chi connectivity index (χ4v) is 4.02. The lowest BCUT2D eigenvalue weighted by molar-refractivity contribution is 0.0351. The van der Waals surface area contributed by atoms with E-state index in [2.05, 4.69) is 54.4 Å². The second-order valence-corrected chi connectivity index (χ2v) is 7.25. The Labute approximate surface area is 129 Å². The largest absolute Gasteiger partial charge is 0.307 e. The lowest BCUT2D eigenvalue weighted by Crippen LogP contribution is -2.61. The molecule has 2 fully saturated rings. The summed E-state index contributed by atoms with van der Waals surface area (Å²) in [4.78, 5) is 2.79. The van der Waals surface area contributed by atoms with Gasteiger partial charge in [-0.05, 0) is 37.7 Å². The minimum atomic E-state index is 0.327. The average molecular weight is 286 g/mol. The Morgan fingerprint density at radius 3 is 2.57 bits per heavy atom. The molecule has 0 aromatic heterocycles. The maximum absolute atomic E-state index is 3.79. The molecule has 1 aromatic rings. The van der Waals surface area contributed by atoms with Crippen LogP contribution in [0.25, 0.3) is 0 Å². The van der Waals surface area contributed by atoms with Crippen LogP contribution in [-0.2, 0) is 0 Å². The zero-order valence-electron chi connectivity index (χ0n) is 13.6. The van der Waals surface area contributed by atoms with E-state index in [1.54, 1.807) is 0 Å². The molecule has 1 saturated carbocycles. The predicted octanol–water partition coefficient (Wildman–Crippen LogP) is 3.99. The first-order chi connectivity index (χ1) is 10.2. The molecule has 3 rings (SSSR count). The molecule has 1 aliphatic heterocycles. The second-order valence-electron chi connectivity index (χ2n) is 7.25. The monoisotopic (exact) mass is 286 g/mol. The molecule has 0 bridgehead atoms. The van der Waals surface area contributed by atoms with Gasteiger partial charge in [-0.1, -0.05) is 50.1 Å². The highest BCUT2D eigenvalue weighted by atomic mass is 15.3. The lowest BCUT2D eigenvalue weighted by atomic mass is 9.89. The van der Waals surface area contributed by atoms with Crippen LogP contribution in [0.3, 0.4) is 0 Å². The molecular formula is C19H30N2. The summed E-state index contributed by atoms with van der Waals surface area (Å²) in [5, 5.41) is 3.79. The van der Waals surface area contributed by atoms with Gasteiger partial charge in [-0.15, -0.1) is 0 Å². The van der Waals surface area contributed by atoms with E-state index < -0.39 is 0 Å². The van der Waals surface area contributed by atoms with Crippen molar-refractivity contribution >= 4 is 0 Å². The van der Waals surface area contributed by atoms with Gasteiger partial charge in [-0.25, -0.2) is 0 Å². The number of hydrogen-bond acceptors (Lipinski definition) is 2. The summed E-state index contributed by atoms with van der Waals surface area (Å²) in [6, 6.07) is 11.4. The fraction of sp³-hybridized carbons (Fsp3) is 0.684. The van der Waals surface area contributed by atoms with Gasteiger partial charge >= 0.3 is 0 Å². The van der Waals surface area contributed by atoms with Gasteiger partial charge in [-0.2, -0.15) is 0 Å². The molecule has 2 aliphatic rings. The minimum Gasteiger partial charge on any atom is -0.307 e. The van der Waals surface area contributed by atoms with Crippen molar-refractivity contribution in [2.45, 2.75) is 57.5 Å². The molecule has 1 aliphatic carbocycles. The standard InChI is InChI=1S/C19H30N2/c1-3-19(2)15-20-18(17-11-5-4-6-12-17)14-21(19)13-16-9-7-8-10-16/h4-6,11-12,16,18,20H,3,7-10,13-15H2,1-2H3.